The largest absolute Gasteiger partial charge is 0.382 e. The normalized spacial score (nSPS) is 10.4. The van der Waals surface area contributed by atoms with Gasteiger partial charge in [0.25, 0.3) is 0 Å². The maximum absolute atomic E-state index is 5.44. The number of nitrogens with two attached hydrogens (primary N) is 1. The minimum absolute atomic E-state index is 0.464. The summed E-state index contributed by atoms with van der Waals surface area (Å²) in [5.74, 6) is 0.464. The predicted molar refractivity (Wildman–Crippen MR) is 43.0 cm³/mol. The molecule has 0 saturated heterocycles. The molecule has 2 aromatic rings. The van der Waals surface area contributed by atoms with Gasteiger partial charge in [-0.15, -0.1) is 5.10 Å². The Kier molecular flexibility index (Phi) is 1.33. The van der Waals surface area contributed by atoms with Crippen LogP contribution in [-0.2, 0) is 7.05 Å². The second-order valence-electron chi connectivity index (χ2n) is 2.45. The highest BCUT2D eigenvalue weighted by Crippen LogP contribution is 2.15. The fraction of sp³-hybridized carbons (Fsp3) is 0.167. The summed E-state index contributed by atoms with van der Waals surface area (Å²) in [6.45, 7) is 0. The third kappa shape index (κ3) is 0.931. The molecular weight excluding hydrogens is 156 g/mol. The maximum atomic E-state index is 5.44. The lowest BCUT2D eigenvalue weighted by Gasteiger charge is -1.93. The first-order valence-corrected chi connectivity index (χ1v) is 3.43. The summed E-state index contributed by atoms with van der Waals surface area (Å²) in [4.78, 5) is 0. The van der Waals surface area contributed by atoms with Gasteiger partial charge in [-0.25, -0.2) is 4.68 Å². The molecule has 0 aliphatic carbocycles. The monoisotopic (exact) mass is 164 g/mol. The summed E-state index contributed by atoms with van der Waals surface area (Å²) >= 11 is 0. The van der Waals surface area contributed by atoms with Crippen molar-refractivity contribution < 1.29 is 0 Å². The van der Waals surface area contributed by atoms with E-state index in [2.05, 4.69) is 20.5 Å². The lowest BCUT2D eigenvalue weighted by molar-refractivity contribution is 0.719. The number of hydrogen-bond acceptors (Lipinski definition) is 4. The summed E-state index contributed by atoms with van der Waals surface area (Å²) in [5, 5.41) is 14.1. The highest BCUT2D eigenvalue weighted by molar-refractivity contribution is 5.56. The maximum Gasteiger partial charge on any atom is 0.145 e. The van der Waals surface area contributed by atoms with Crippen LogP contribution in [0.3, 0.4) is 0 Å². The van der Waals surface area contributed by atoms with Gasteiger partial charge in [0.1, 0.15) is 11.5 Å². The molecule has 0 spiro atoms. The molecule has 0 saturated carbocycles. The summed E-state index contributed by atoms with van der Waals surface area (Å²) in [7, 11) is 1.80. The number of aromatic nitrogens is 5. The minimum Gasteiger partial charge on any atom is -0.382 e. The van der Waals surface area contributed by atoms with Gasteiger partial charge in [0.2, 0.25) is 0 Å². The smallest absolute Gasteiger partial charge is 0.145 e. The van der Waals surface area contributed by atoms with Crippen molar-refractivity contribution in [2.75, 3.05) is 5.73 Å². The number of aryl methyl sites for hydroxylation is 1. The Hall–Kier alpha value is -1.85. The van der Waals surface area contributed by atoms with Crippen LogP contribution >= 0.6 is 0 Å². The topological polar surface area (TPSA) is 85.4 Å². The Bertz CT molecular complexity index is 386. The number of rotatable bonds is 1. The van der Waals surface area contributed by atoms with Crippen LogP contribution in [0, 0.1) is 0 Å². The lowest BCUT2D eigenvalue weighted by atomic mass is 10.3. The first kappa shape index (κ1) is 6.84. The molecular formula is C6H8N6. The molecule has 0 radical (unpaired) electrons. The van der Waals surface area contributed by atoms with E-state index in [9.17, 15) is 0 Å². The number of aromatic amines is 1. The van der Waals surface area contributed by atoms with Crippen molar-refractivity contribution in [2.45, 2.75) is 0 Å². The van der Waals surface area contributed by atoms with E-state index in [-0.39, 0.29) is 0 Å². The highest BCUT2D eigenvalue weighted by Gasteiger charge is 2.05. The molecule has 0 aliphatic heterocycles. The number of nitrogen functional groups attached to an aromatic ring is 1. The molecule has 0 atom stereocenters. The quantitative estimate of drug-likeness (QED) is 0.610. The van der Waals surface area contributed by atoms with Gasteiger partial charge in [0.15, 0.2) is 0 Å². The van der Waals surface area contributed by atoms with E-state index >= 15 is 0 Å². The third-order valence-corrected chi connectivity index (χ3v) is 1.59. The molecule has 3 N–H and O–H groups in total. The molecule has 2 aromatic heterocycles. The first-order valence-electron chi connectivity index (χ1n) is 3.43. The van der Waals surface area contributed by atoms with Gasteiger partial charge in [-0.05, 0) is 0 Å². The molecule has 2 heterocycles. The molecule has 62 valence electrons. The molecule has 6 heteroatoms. The molecule has 2 rings (SSSR count). The average molecular weight is 164 g/mol. The molecule has 0 unspecified atom stereocenters. The van der Waals surface area contributed by atoms with E-state index in [0.29, 0.717) is 5.82 Å². The summed E-state index contributed by atoms with van der Waals surface area (Å²) in [6.07, 6.45) is 1.65. The van der Waals surface area contributed by atoms with Crippen LogP contribution < -0.4 is 5.73 Å². The number of anilines is 1. The van der Waals surface area contributed by atoms with Crippen molar-refractivity contribution in [3.05, 3.63) is 12.3 Å². The van der Waals surface area contributed by atoms with Gasteiger partial charge in [-0.1, -0.05) is 5.21 Å². The summed E-state index contributed by atoms with van der Waals surface area (Å²) in [5.41, 5.74) is 7.12. The van der Waals surface area contributed by atoms with Crippen LogP contribution in [-0.4, -0.2) is 25.2 Å². The molecule has 0 aliphatic rings. The molecule has 0 fully saturated rings. The van der Waals surface area contributed by atoms with Gasteiger partial charge in [0.05, 0.1) is 11.9 Å². The Morgan fingerprint density at radius 2 is 2.42 bits per heavy atom. The zero-order chi connectivity index (χ0) is 8.55. The fourth-order valence-corrected chi connectivity index (χ4v) is 1.00. The van der Waals surface area contributed by atoms with Crippen LogP contribution in [0.25, 0.3) is 11.4 Å². The number of H-pyrrole nitrogens is 1. The first-order chi connectivity index (χ1) is 5.77. The van der Waals surface area contributed by atoms with Crippen molar-refractivity contribution in [3.8, 4) is 11.4 Å². The van der Waals surface area contributed by atoms with Crippen LogP contribution in [0.5, 0.6) is 0 Å². The van der Waals surface area contributed by atoms with Crippen molar-refractivity contribution in [3.63, 3.8) is 0 Å². The molecule has 6 nitrogen and oxygen atoms in total. The molecule has 0 bridgehead atoms. The number of hydrogen-bond donors (Lipinski definition) is 2. The van der Waals surface area contributed by atoms with Crippen molar-refractivity contribution in [1.82, 2.24) is 25.2 Å². The average Bonchev–Trinajstić information content (AvgIpc) is 2.58. The van der Waals surface area contributed by atoms with Crippen LogP contribution in [0.1, 0.15) is 0 Å². The van der Waals surface area contributed by atoms with E-state index in [0.717, 1.165) is 11.4 Å². The van der Waals surface area contributed by atoms with Gasteiger partial charge >= 0.3 is 0 Å². The van der Waals surface area contributed by atoms with Crippen LogP contribution in [0.4, 0.5) is 5.82 Å². The Morgan fingerprint density at radius 1 is 1.58 bits per heavy atom. The standard InChI is InChI=1S/C6H8N6/c1-12-5(3-8-11-12)4-2-6(7)10-9-4/h2-3H,1H3,(H3,7,9,10). The lowest BCUT2D eigenvalue weighted by Crippen LogP contribution is -1.93. The van der Waals surface area contributed by atoms with Crippen LogP contribution in [0.15, 0.2) is 12.3 Å². The Balaban J connectivity index is 2.50. The number of nitrogens with zero attached hydrogens (tertiary/aromatic N) is 4. The zero-order valence-corrected chi connectivity index (χ0v) is 6.52. The molecule has 0 aromatic carbocycles. The van der Waals surface area contributed by atoms with Gasteiger partial charge < -0.3 is 5.73 Å². The van der Waals surface area contributed by atoms with Crippen LogP contribution in [0.2, 0.25) is 0 Å². The predicted octanol–water partition coefficient (Wildman–Crippen LogP) is -0.213. The minimum atomic E-state index is 0.464. The third-order valence-electron chi connectivity index (χ3n) is 1.59. The summed E-state index contributed by atoms with van der Waals surface area (Å²) in [6, 6.07) is 1.73. The van der Waals surface area contributed by atoms with Crippen molar-refractivity contribution in [2.24, 2.45) is 7.05 Å². The van der Waals surface area contributed by atoms with Gasteiger partial charge in [-0.2, -0.15) is 5.10 Å². The second-order valence-corrected chi connectivity index (χ2v) is 2.45. The van der Waals surface area contributed by atoms with E-state index in [1.165, 1.54) is 0 Å². The van der Waals surface area contributed by atoms with E-state index < -0.39 is 0 Å². The molecule has 12 heavy (non-hydrogen) atoms. The SMILES string of the molecule is Cn1nncc1-c1cc(N)n[nH]1. The van der Waals surface area contributed by atoms with E-state index in [1.54, 1.807) is 24.0 Å². The van der Waals surface area contributed by atoms with Crippen molar-refractivity contribution in [1.29, 1.82) is 0 Å². The fourth-order valence-electron chi connectivity index (χ4n) is 1.00. The molecule has 0 amide bonds. The van der Waals surface area contributed by atoms with Gasteiger partial charge in [-0.3, -0.25) is 5.10 Å². The second kappa shape index (κ2) is 2.33. The van der Waals surface area contributed by atoms with E-state index in [4.69, 9.17) is 5.73 Å². The van der Waals surface area contributed by atoms with Crippen molar-refractivity contribution >= 4 is 5.82 Å². The van der Waals surface area contributed by atoms with E-state index in [1.807, 2.05) is 0 Å². The number of nitrogens with one attached hydrogen (secondary N) is 1. The zero-order valence-electron chi connectivity index (χ0n) is 6.52. The Labute approximate surface area is 68.4 Å². The Morgan fingerprint density at radius 3 is 2.92 bits per heavy atom. The highest BCUT2D eigenvalue weighted by atomic mass is 15.4. The summed E-state index contributed by atoms with van der Waals surface area (Å²) < 4.78 is 1.65. The van der Waals surface area contributed by atoms with Gasteiger partial charge in [0, 0.05) is 13.1 Å².